The molecule has 8 heteroatoms. The number of hydrogen-bond acceptors (Lipinski definition) is 8. The lowest BCUT2D eigenvalue weighted by molar-refractivity contribution is -0.135. The van der Waals surface area contributed by atoms with Gasteiger partial charge >= 0.3 is 5.97 Å². The van der Waals surface area contributed by atoms with Crippen LogP contribution in [0, 0.1) is 0 Å². The van der Waals surface area contributed by atoms with Gasteiger partial charge in [-0.2, -0.15) is 0 Å². The molecule has 0 fully saturated rings. The third-order valence-corrected chi connectivity index (χ3v) is 5.13. The molecule has 2 aromatic rings. The molecule has 0 radical (unpaired) electrons. The molecule has 0 aromatic heterocycles. The molecule has 2 aromatic carbocycles. The molecule has 0 bridgehead atoms. The van der Waals surface area contributed by atoms with E-state index in [2.05, 4.69) is 4.99 Å². The van der Waals surface area contributed by atoms with Crippen molar-refractivity contribution in [2.24, 2.45) is 4.99 Å². The van der Waals surface area contributed by atoms with E-state index in [1.807, 2.05) is 0 Å². The number of carbonyl (C=O) groups excluding carboxylic acids is 1. The van der Waals surface area contributed by atoms with Gasteiger partial charge in [-0.3, -0.25) is 0 Å². The van der Waals surface area contributed by atoms with Crippen LogP contribution < -0.4 is 9.47 Å². The first kappa shape index (κ1) is 20.3. The van der Waals surface area contributed by atoms with Crippen LogP contribution in [0.15, 0.2) is 63.7 Å². The summed E-state index contributed by atoms with van der Waals surface area (Å²) in [7, 11) is 4.25. The summed E-state index contributed by atoms with van der Waals surface area (Å²) in [5, 5.41) is 21.1. The van der Waals surface area contributed by atoms with Crippen LogP contribution in [-0.4, -0.2) is 42.6 Å². The van der Waals surface area contributed by atoms with Gasteiger partial charge in [-0.1, -0.05) is 23.9 Å². The predicted molar refractivity (Wildman–Crippen MR) is 112 cm³/mol. The minimum atomic E-state index is -0.717. The first-order chi connectivity index (χ1) is 14.0. The molecule has 3 rings (SSSR count). The molecule has 0 atom stereocenters. The van der Waals surface area contributed by atoms with Crippen molar-refractivity contribution in [2.75, 3.05) is 21.3 Å². The van der Waals surface area contributed by atoms with E-state index in [0.29, 0.717) is 27.7 Å². The number of aliphatic hydroxyl groups is 1. The molecule has 0 amide bonds. The van der Waals surface area contributed by atoms with Crippen LogP contribution in [0.3, 0.4) is 0 Å². The molecular weight excluding hydrogens is 394 g/mol. The highest BCUT2D eigenvalue weighted by molar-refractivity contribution is 8.18. The minimum absolute atomic E-state index is 0.0278. The number of thioether (sulfide) groups is 1. The number of rotatable bonds is 5. The Morgan fingerprint density at radius 3 is 2.48 bits per heavy atom. The molecule has 1 heterocycles. The number of hydrogen-bond donors (Lipinski definition) is 2. The molecule has 1 aliphatic rings. The number of para-hydroxylation sites is 2. The van der Waals surface area contributed by atoms with Crippen molar-refractivity contribution < 1.29 is 29.2 Å². The van der Waals surface area contributed by atoms with Gasteiger partial charge in [0.15, 0.2) is 0 Å². The van der Waals surface area contributed by atoms with Crippen LogP contribution in [0.4, 0.5) is 5.69 Å². The number of phenols is 1. The summed E-state index contributed by atoms with van der Waals surface area (Å²) in [5.41, 5.74) is 0.894. The van der Waals surface area contributed by atoms with E-state index in [4.69, 9.17) is 14.2 Å². The van der Waals surface area contributed by atoms with Gasteiger partial charge in [-0.15, -0.1) is 0 Å². The number of methoxy groups -OCH3 is 3. The van der Waals surface area contributed by atoms with Crippen molar-refractivity contribution in [3.8, 4) is 17.2 Å². The molecular formula is C21H19NO6S. The van der Waals surface area contributed by atoms with Crippen molar-refractivity contribution in [2.45, 2.75) is 0 Å². The van der Waals surface area contributed by atoms with Crippen molar-refractivity contribution in [1.29, 1.82) is 0 Å². The normalized spacial score (nSPS) is 16.4. The van der Waals surface area contributed by atoms with Gasteiger partial charge in [0.1, 0.15) is 39.3 Å². The Morgan fingerprint density at radius 2 is 1.83 bits per heavy atom. The number of nitrogens with zero attached hydrogens (tertiary/aromatic N) is 1. The summed E-state index contributed by atoms with van der Waals surface area (Å²) >= 11 is 1.09. The van der Waals surface area contributed by atoms with Gasteiger partial charge in [-0.25, -0.2) is 9.79 Å². The number of aliphatic hydroxyl groups excluding tert-OH is 1. The van der Waals surface area contributed by atoms with Gasteiger partial charge in [-0.05, 0) is 30.3 Å². The average Bonchev–Trinajstić information content (AvgIpc) is 3.04. The van der Waals surface area contributed by atoms with Crippen molar-refractivity contribution in [3.63, 3.8) is 0 Å². The number of phenolic OH excluding ortho intramolecular Hbond substituents is 1. The molecule has 150 valence electrons. The van der Waals surface area contributed by atoms with Gasteiger partial charge in [0.25, 0.3) is 0 Å². The molecule has 29 heavy (non-hydrogen) atoms. The van der Waals surface area contributed by atoms with Gasteiger partial charge in [0.05, 0.1) is 26.2 Å². The first-order valence-electron chi connectivity index (χ1n) is 8.49. The summed E-state index contributed by atoms with van der Waals surface area (Å²) in [4.78, 5) is 17.1. The molecule has 0 unspecified atom stereocenters. The zero-order valence-electron chi connectivity index (χ0n) is 16.0. The second-order valence-corrected chi connectivity index (χ2v) is 6.87. The first-order valence-corrected chi connectivity index (χ1v) is 9.30. The van der Waals surface area contributed by atoms with E-state index in [0.717, 1.165) is 11.8 Å². The Bertz CT molecular complexity index is 1040. The standard InChI is InChI=1S/C21H19NO6S/c1-26-13-9-8-12(15(23)11-13)10-17-19(24)18(21(25)28-3)20(29-17)22-14-6-4-5-7-16(14)27-2/h4-11,23-24H,1-3H3/b17-10+,22-20?. The lowest BCUT2D eigenvalue weighted by Gasteiger charge is -2.06. The topological polar surface area (TPSA) is 97.6 Å². The van der Waals surface area contributed by atoms with E-state index in [9.17, 15) is 15.0 Å². The monoisotopic (exact) mass is 413 g/mol. The molecule has 2 N–H and O–H groups in total. The Kier molecular flexibility index (Phi) is 6.13. The van der Waals surface area contributed by atoms with Crippen LogP contribution >= 0.6 is 11.8 Å². The van der Waals surface area contributed by atoms with Crippen LogP contribution in [0.2, 0.25) is 0 Å². The highest BCUT2D eigenvalue weighted by Crippen LogP contribution is 2.42. The van der Waals surface area contributed by atoms with Crippen LogP contribution in [-0.2, 0) is 9.53 Å². The number of esters is 1. The Morgan fingerprint density at radius 1 is 1.07 bits per heavy atom. The molecule has 7 nitrogen and oxygen atoms in total. The Labute approximate surface area is 171 Å². The fraction of sp³-hybridized carbons (Fsp3) is 0.143. The van der Waals surface area contributed by atoms with Gasteiger partial charge in [0.2, 0.25) is 0 Å². The molecule has 0 saturated carbocycles. The smallest absolute Gasteiger partial charge is 0.344 e. The third kappa shape index (κ3) is 4.22. The average molecular weight is 413 g/mol. The van der Waals surface area contributed by atoms with Crippen molar-refractivity contribution in [1.82, 2.24) is 0 Å². The molecule has 0 spiro atoms. The number of benzene rings is 2. The maximum Gasteiger partial charge on any atom is 0.344 e. The second-order valence-electron chi connectivity index (χ2n) is 5.84. The lowest BCUT2D eigenvalue weighted by atomic mass is 10.1. The minimum Gasteiger partial charge on any atom is -0.507 e. The Hall–Kier alpha value is -3.39. The maximum atomic E-state index is 12.3. The lowest BCUT2D eigenvalue weighted by Crippen LogP contribution is -2.10. The van der Waals surface area contributed by atoms with Crippen molar-refractivity contribution >= 4 is 34.5 Å². The number of aromatic hydroxyl groups is 1. The van der Waals surface area contributed by atoms with Gasteiger partial charge in [0, 0.05) is 11.6 Å². The summed E-state index contributed by atoms with van der Waals surface area (Å²) < 4.78 is 15.2. The predicted octanol–water partition coefficient (Wildman–Crippen LogP) is 4.21. The van der Waals surface area contributed by atoms with E-state index >= 15 is 0 Å². The third-order valence-electron chi connectivity index (χ3n) is 4.11. The highest BCUT2D eigenvalue weighted by Gasteiger charge is 2.33. The number of aliphatic imine (C=N–C) groups is 1. The molecule has 0 aliphatic carbocycles. The number of ether oxygens (including phenoxy) is 3. The maximum absolute atomic E-state index is 12.3. The van der Waals surface area contributed by atoms with Crippen LogP contribution in [0.25, 0.3) is 6.08 Å². The summed E-state index contributed by atoms with van der Waals surface area (Å²) in [6, 6.07) is 11.8. The van der Waals surface area contributed by atoms with E-state index in [-0.39, 0.29) is 22.1 Å². The zero-order valence-corrected chi connectivity index (χ0v) is 16.8. The summed E-state index contributed by atoms with van der Waals surface area (Å²) in [6.07, 6.45) is 1.56. The van der Waals surface area contributed by atoms with E-state index in [1.165, 1.54) is 27.4 Å². The zero-order chi connectivity index (χ0) is 21.0. The Balaban J connectivity index is 2.07. The summed E-state index contributed by atoms with van der Waals surface area (Å²) in [5.74, 6) is 0.00315. The molecule has 1 aliphatic heterocycles. The summed E-state index contributed by atoms with van der Waals surface area (Å²) in [6.45, 7) is 0. The second kappa shape index (κ2) is 8.74. The fourth-order valence-electron chi connectivity index (χ4n) is 2.64. The SMILES string of the molecule is COC(=O)C1=C(O)/C(=C\c2ccc(OC)cc2O)SC1=Nc1ccccc1OC. The van der Waals surface area contributed by atoms with Crippen molar-refractivity contribution in [3.05, 3.63) is 64.3 Å². The van der Waals surface area contributed by atoms with Crippen LogP contribution in [0.1, 0.15) is 5.56 Å². The number of carbonyl (C=O) groups is 1. The highest BCUT2D eigenvalue weighted by atomic mass is 32.2. The quantitative estimate of drug-likeness (QED) is 0.709. The molecule has 0 saturated heterocycles. The van der Waals surface area contributed by atoms with E-state index < -0.39 is 5.97 Å². The largest absolute Gasteiger partial charge is 0.507 e. The van der Waals surface area contributed by atoms with E-state index in [1.54, 1.807) is 42.5 Å². The fourth-order valence-corrected chi connectivity index (χ4v) is 3.65. The van der Waals surface area contributed by atoms with Crippen LogP contribution in [0.5, 0.6) is 17.2 Å². The van der Waals surface area contributed by atoms with Gasteiger partial charge < -0.3 is 24.4 Å².